The summed E-state index contributed by atoms with van der Waals surface area (Å²) in [4.78, 5) is 14.8. The van der Waals surface area contributed by atoms with E-state index in [9.17, 15) is 13.2 Å². The van der Waals surface area contributed by atoms with Crippen molar-refractivity contribution in [2.75, 3.05) is 13.2 Å². The number of amides is 1. The normalized spacial score (nSPS) is 25.0. The summed E-state index contributed by atoms with van der Waals surface area (Å²) < 4.78 is 28.9. The molecule has 1 heterocycles. The highest BCUT2D eigenvalue weighted by Gasteiger charge is 2.37. The van der Waals surface area contributed by atoms with Crippen LogP contribution in [0.5, 0.6) is 0 Å². The van der Waals surface area contributed by atoms with Crippen LogP contribution in [-0.2, 0) is 14.8 Å². The first-order valence-electron chi connectivity index (χ1n) is 7.94. The van der Waals surface area contributed by atoms with E-state index in [1.807, 2.05) is 4.90 Å². The Morgan fingerprint density at radius 1 is 1.30 bits per heavy atom. The summed E-state index contributed by atoms with van der Waals surface area (Å²) in [6, 6.07) is 4.54. The fourth-order valence-electron chi connectivity index (χ4n) is 3.51. The van der Waals surface area contributed by atoms with Gasteiger partial charge in [0.25, 0.3) is 5.91 Å². The quantitative estimate of drug-likeness (QED) is 0.883. The van der Waals surface area contributed by atoms with Crippen LogP contribution in [0, 0.1) is 6.92 Å². The van der Waals surface area contributed by atoms with E-state index >= 15 is 0 Å². The maximum atomic E-state index is 13.0. The van der Waals surface area contributed by atoms with Crippen LogP contribution in [0.4, 0.5) is 0 Å². The molecule has 23 heavy (non-hydrogen) atoms. The van der Waals surface area contributed by atoms with E-state index in [4.69, 9.17) is 9.88 Å². The SMILES string of the molecule is Cc1ccc(S(N)(=O)=O)cc1C(=O)N1CCO[C@H]2CCCC[C@H]21. The van der Waals surface area contributed by atoms with Gasteiger partial charge in [-0.15, -0.1) is 0 Å². The summed E-state index contributed by atoms with van der Waals surface area (Å²) in [6.45, 7) is 2.87. The lowest BCUT2D eigenvalue weighted by Crippen LogP contribution is -2.54. The molecule has 3 rings (SSSR count). The summed E-state index contributed by atoms with van der Waals surface area (Å²) in [7, 11) is -3.83. The van der Waals surface area contributed by atoms with E-state index < -0.39 is 10.0 Å². The zero-order chi connectivity index (χ0) is 16.6. The van der Waals surface area contributed by atoms with Gasteiger partial charge < -0.3 is 9.64 Å². The number of carbonyl (C=O) groups excluding carboxylic acids is 1. The molecule has 1 saturated heterocycles. The van der Waals surface area contributed by atoms with Crippen molar-refractivity contribution in [3.05, 3.63) is 29.3 Å². The number of aryl methyl sites for hydroxylation is 1. The molecule has 1 amide bonds. The van der Waals surface area contributed by atoms with Gasteiger partial charge in [0, 0.05) is 12.1 Å². The number of ether oxygens (including phenoxy) is 1. The molecular weight excluding hydrogens is 316 g/mol. The summed E-state index contributed by atoms with van der Waals surface area (Å²) in [5.41, 5.74) is 1.16. The van der Waals surface area contributed by atoms with Crippen molar-refractivity contribution in [1.82, 2.24) is 4.90 Å². The van der Waals surface area contributed by atoms with Gasteiger partial charge in [-0.25, -0.2) is 13.6 Å². The van der Waals surface area contributed by atoms with E-state index in [-0.39, 0.29) is 22.9 Å². The lowest BCUT2D eigenvalue weighted by atomic mass is 9.89. The van der Waals surface area contributed by atoms with E-state index in [0.717, 1.165) is 31.2 Å². The van der Waals surface area contributed by atoms with Gasteiger partial charge in [-0.05, 0) is 37.5 Å². The summed E-state index contributed by atoms with van der Waals surface area (Å²) in [6.07, 6.45) is 4.23. The Bertz CT molecular complexity index is 715. The van der Waals surface area contributed by atoms with Gasteiger partial charge in [-0.1, -0.05) is 18.9 Å². The molecule has 1 aliphatic heterocycles. The smallest absolute Gasteiger partial charge is 0.254 e. The predicted octanol–water partition coefficient (Wildman–Crippen LogP) is 1.43. The Morgan fingerprint density at radius 2 is 2.04 bits per heavy atom. The lowest BCUT2D eigenvalue weighted by molar-refractivity contribution is -0.0753. The Labute approximate surface area is 136 Å². The summed E-state index contributed by atoms with van der Waals surface area (Å²) in [5.74, 6) is -0.131. The second kappa shape index (κ2) is 6.22. The van der Waals surface area contributed by atoms with Crippen LogP contribution in [-0.4, -0.2) is 44.5 Å². The first-order chi connectivity index (χ1) is 10.9. The topological polar surface area (TPSA) is 89.7 Å². The first kappa shape index (κ1) is 16.4. The van der Waals surface area contributed by atoms with Gasteiger partial charge in [0.1, 0.15) is 0 Å². The Kier molecular flexibility index (Phi) is 4.44. The third kappa shape index (κ3) is 3.27. The molecule has 1 aromatic rings. The van der Waals surface area contributed by atoms with Crippen molar-refractivity contribution in [3.8, 4) is 0 Å². The van der Waals surface area contributed by atoms with Gasteiger partial charge in [0.15, 0.2) is 0 Å². The predicted molar refractivity (Wildman–Crippen MR) is 85.6 cm³/mol. The largest absolute Gasteiger partial charge is 0.374 e. The Morgan fingerprint density at radius 3 is 2.78 bits per heavy atom. The number of sulfonamides is 1. The van der Waals surface area contributed by atoms with Crippen molar-refractivity contribution < 1.29 is 17.9 Å². The average Bonchev–Trinajstić information content (AvgIpc) is 2.53. The average molecular weight is 338 g/mol. The fourth-order valence-corrected chi connectivity index (χ4v) is 4.05. The molecule has 2 N–H and O–H groups in total. The summed E-state index contributed by atoms with van der Waals surface area (Å²) in [5, 5.41) is 5.19. The minimum absolute atomic E-state index is 0.0279. The highest BCUT2D eigenvalue weighted by Crippen LogP contribution is 2.30. The van der Waals surface area contributed by atoms with Gasteiger partial charge in [-0.2, -0.15) is 0 Å². The van der Waals surface area contributed by atoms with Crippen LogP contribution in [0.15, 0.2) is 23.1 Å². The van der Waals surface area contributed by atoms with Crippen LogP contribution in [0.1, 0.15) is 41.6 Å². The van der Waals surface area contributed by atoms with Crippen LogP contribution < -0.4 is 5.14 Å². The number of rotatable bonds is 2. The standard InChI is InChI=1S/C16H22N2O4S/c1-11-6-7-12(23(17,20)21)10-13(11)16(19)18-8-9-22-15-5-3-2-4-14(15)18/h6-7,10,14-15H,2-5,8-9H2,1H3,(H2,17,20,21)/t14-,15+/m1/s1. The maximum absolute atomic E-state index is 13.0. The molecule has 0 spiro atoms. The number of hydrogen-bond acceptors (Lipinski definition) is 4. The van der Waals surface area contributed by atoms with Crippen molar-refractivity contribution in [2.45, 2.75) is 49.6 Å². The van der Waals surface area contributed by atoms with E-state index in [1.54, 1.807) is 13.0 Å². The number of nitrogens with zero attached hydrogens (tertiary/aromatic N) is 1. The third-order valence-electron chi connectivity index (χ3n) is 4.76. The molecule has 2 aliphatic rings. The number of hydrogen-bond donors (Lipinski definition) is 1. The molecule has 2 fully saturated rings. The minimum Gasteiger partial charge on any atom is -0.374 e. The van der Waals surface area contributed by atoms with Crippen molar-refractivity contribution in [3.63, 3.8) is 0 Å². The highest BCUT2D eigenvalue weighted by atomic mass is 32.2. The van der Waals surface area contributed by atoms with Crippen LogP contribution >= 0.6 is 0 Å². The monoisotopic (exact) mass is 338 g/mol. The molecule has 6 nitrogen and oxygen atoms in total. The third-order valence-corrected chi connectivity index (χ3v) is 5.67. The zero-order valence-electron chi connectivity index (χ0n) is 13.2. The van der Waals surface area contributed by atoms with Gasteiger partial charge in [0.2, 0.25) is 10.0 Å². The number of morpholine rings is 1. The van der Waals surface area contributed by atoms with Crippen LogP contribution in [0.2, 0.25) is 0 Å². The second-order valence-corrected chi connectivity index (χ2v) is 7.84. The molecule has 7 heteroatoms. The Balaban J connectivity index is 1.93. The minimum atomic E-state index is -3.83. The molecule has 1 aliphatic carbocycles. The first-order valence-corrected chi connectivity index (χ1v) is 9.48. The molecule has 0 aromatic heterocycles. The summed E-state index contributed by atoms with van der Waals surface area (Å²) >= 11 is 0. The maximum Gasteiger partial charge on any atom is 0.254 e. The zero-order valence-corrected chi connectivity index (χ0v) is 14.0. The number of nitrogens with two attached hydrogens (primary N) is 1. The van der Waals surface area contributed by atoms with E-state index in [1.165, 1.54) is 12.1 Å². The highest BCUT2D eigenvalue weighted by molar-refractivity contribution is 7.89. The molecule has 0 bridgehead atoms. The van der Waals surface area contributed by atoms with Gasteiger partial charge in [-0.3, -0.25) is 4.79 Å². The van der Waals surface area contributed by atoms with Crippen molar-refractivity contribution in [1.29, 1.82) is 0 Å². The molecule has 2 atom stereocenters. The molecule has 0 unspecified atom stereocenters. The van der Waals surface area contributed by atoms with Crippen LogP contribution in [0.25, 0.3) is 0 Å². The van der Waals surface area contributed by atoms with E-state index in [2.05, 4.69) is 0 Å². The van der Waals surface area contributed by atoms with Crippen LogP contribution in [0.3, 0.4) is 0 Å². The number of carbonyl (C=O) groups is 1. The molecule has 1 saturated carbocycles. The van der Waals surface area contributed by atoms with E-state index in [0.29, 0.717) is 18.7 Å². The molecular formula is C16H22N2O4S. The number of fused-ring (bicyclic) bond motifs is 1. The molecule has 126 valence electrons. The Hall–Kier alpha value is -1.44. The molecule has 0 radical (unpaired) electrons. The number of benzene rings is 1. The van der Waals surface area contributed by atoms with Crippen molar-refractivity contribution in [2.24, 2.45) is 5.14 Å². The van der Waals surface area contributed by atoms with Crippen molar-refractivity contribution >= 4 is 15.9 Å². The number of primary sulfonamides is 1. The van der Waals surface area contributed by atoms with Gasteiger partial charge in [0.05, 0.1) is 23.6 Å². The fraction of sp³-hybridized carbons (Fsp3) is 0.562. The molecule has 1 aromatic carbocycles. The lowest BCUT2D eigenvalue weighted by Gasteiger charge is -2.44. The second-order valence-electron chi connectivity index (χ2n) is 6.28. The van der Waals surface area contributed by atoms with Gasteiger partial charge >= 0.3 is 0 Å².